The van der Waals surface area contributed by atoms with Crippen LogP contribution in [0.5, 0.6) is 0 Å². The molecule has 1 aliphatic rings. The number of amides is 3. The number of nitrogens with zero attached hydrogens (tertiary/aromatic N) is 1. The summed E-state index contributed by atoms with van der Waals surface area (Å²) in [6.45, 7) is 5.68. The van der Waals surface area contributed by atoms with Crippen LogP contribution in [0.25, 0.3) is 0 Å². The second kappa shape index (κ2) is 7.11. The molecular formula is C16H23N3O2. The number of carbonyl (C=O) groups is 2. The fourth-order valence-electron chi connectivity index (χ4n) is 2.34. The fourth-order valence-corrected chi connectivity index (χ4v) is 2.34. The second-order valence-corrected chi connectivity index (χ2v) is 5.85. The van der Waals surface area contributed by atoms with Crippen molar-refractivity contribution in [2.75, 3.05) is 23.7 Å². The van der Waals surface area contributed by atoms with E-state index in [1.54, 1.807) is 24.3 Å². The van der Waals surface area contributed by atoms with E-state index in [1.165, 1.54) is 0 Å². The van der Waals surface area contributed by atoms with Crippen molar-refractivity contribution < 1.29 is 9.59 Å². The van der Waals surface area contributed by atoms with E-state index in [-0.39, 0.29) is 11.9 Å². The van der Waals surface area contributed by atoms with Crippen molar-refractivity contribution in [2.45, 2.75) is 33.1 Å². The van der Waals surface area contributed by atoms with Crippen molar-refractivity contribution in [3.8, 4) is 0 Å². The van der Waals surface area contributed by atoms with Gasteiger partial charge in [-0.25, -0.2) is 4.79 Å². The van der Waals surface area contributed by atoms with Crippen LogP contribution in [0.4, 0.5) is 16.2 Å². The van der Waals surface area contributed by atoms with Crippen molar-refractivity contribution in [2.24, 2.45) is 5.92 Å². The summed E-state index contributed by atoms with van der Waals surface area (Å²) in [5.41, 5.74) is 1.49. The first-order valence-electron chi connectivity index (χ1n) is 7.50. The van der Waals surface area contributed by atoms with Gasteiger partial charge in [0.15, 0.2) is 0 Å². The van der Waals surface area contributed by atoms with Gasteiger partial charge in [-0.05, 0) is 43.0 Å². The molecule has 0 bridgehead atoms. The van der Waals surface area contributed by atoms with Gasteiger partial charge in [-0.3, -0.25) is 4.79 Å². The average Bonchev–Trinajstić information content (AvgIpc) is 2.94. The summed E-state index contributed by atoms with van der Waals surface area (Å²) in [5.74, 6) is 0.350. The first-order chi connectivity index (χ1) is 10.0. The molecule has 3 amide bonds. The van der Waals surface area contributed by atoms with E-state index in [0.29, 0.717) is 12.3 Å². The number of benzene rings is 1. The molecule has 0 unspecified atom stereocenters. The zero-order valence-corrected chi connectivity index (χ0v) is 12.7. The number of urea groups is 1. The Bertz CT molecular complexity index is 491. The van der Waals surface area contributed by atoms with Crippen LogP contribution in [-0.2, 0) is 4.79 Å². The van der Waals surface area contributed by atoms with Gasteiger partial charge < -0.3 is 15.5 Å². The molecule has 1 heterocycles. The van der Waals surface area contributed by atoms with E-state index >= 15 is 0 Å². The molecule has 114 valence electrons. The number of likely N-dealkylation sites (tertiary alicyclic amines) is 1. The second-order valence-electron chi connectivity index (χ2n) is 5.85. The quantitative estimate of drug-likeness (QED) is 0.893. The Morgan fingerprint density at radius 1 is 1.05 bits per heavy atom. The minimum Gasteiger partial charge on any atom is -0.326 e. The molecule has 0 atom stereocenters. The van der Waals surface area contributed by atoms with Crippen LogP contribution in [-0.4, -0.2) is 29.9 Å². The lowest BCUT2D eigenvalue weighted by molar-refractivity contribution is -0.116. The molecule has 0 saturated carbocycles. The van der Waals surface area contributed by atoms with Crippen LogP contribution in [0.2, 0.25) is 0 Å². The van der Waals surface area contributed by atoms with Crippen molar-refractivity contribution in [1.29, 1.82) is 0 Å². The maximum Gasteiger partial charge on any atom is 0.321 e. The summed E-state index contributed by atoms with van der Waals surface area (Å²) in [7, 11) is 0. The van der Waals surface area contributed by atoms with Gasteiger partial charge in [0.25, 0.3) is 0 Å². The van der Waals surface area contributed by atoms with E-state index in [9.17, 15) is 9.59 Å². The highest BCUT2D eigenvalue weighted by Crippen LogP contribution is 2.16. The van der Waals surface area contributed by atoms with Gasteiger partial charge in [0.2, 0.25) is 5.91 Å². The molecule has 1 aromatic carbocycles. The summed E-state index contributed by atoms with van der Waals surface area (Å²) in [6.07, 6.45) is 2.66. The Morgan fingerprint density at radius 2 is 1.57 bits per heavy atom. The molecule has 1 fully saturated rings. The van der Waals surface area contributed by atoms with E-state index in [2.05, 4.69) is 10.6 Å². The molecule has 0 spiro atoms. The van der Waals surface area contributed by atoms with Crippen molar-refractivity contribution in [3.05, 3.63) is 24.3 Å². The Kier molecular flexibility index (Phi) is 5.20. The summed E-state index contributed by atoms with van der Waals surface area (Å²) >= 11 is 0. The minimum absolute atomic E-state index is 0.0128. The smallest absolute Gasteiger partial charge is 0.321 e. The summed E-state index contributed by atoms with van der Waals surface area (Å²) in [4.78, 5) is 25.4. The number of nitrogens with one attached hydrogen (secondary N) is 2. The third-order valence-corrected chi connectivity index (χ3v) is 3.41. The first-order valence-corrected chi connectivity index (χ1v) is 7.50. The first kappa shape index (κ1) is 15.4. The van der Waals surface area contributed by atoms with Crippen molar-refractivity contribution in [3.63, 3.8) is 0 Å². The van der Waals surface area contributed by atoms with Gasteiger partial charge >= 0.3 is 6.03 Å². The lowest BCUT2D eigenvalue weighted by Gasteiger charge is -2.16. The molecule has 1 aliphatic heterocycles. The van der Waals surface area contributed by atoms with Crippen molar-refractivity contribution >= 4 is 23.3 Å². The van der Waals surface area contributed by atoms with E-state index in [4.69, 9.17) is 0 Å². The molecule has 0 radical (unpaired) electrons. The van der Waals surface area contributed by atoms with Crippen LogP contribution in [0.3, 0.4) is 0 Å². The topological polar surface area (TPSA) is 61.4 Å². The maximum atomic E-state index is 11.9. The number of hydrogen-bond acceptors (Lipinski definition) is 2. The highest BCUT2D eigenvalue weighted by Gasteiger charge is 2.17. The third kappa shape index (κ3) is 4.77. The van der Waals surface area contributed by atoms with E-state index in [1.807, 2.05) is 18.7 Å². The van der Waals surface area contributed by atoms with Gasteiger partial charge in [-0.1, -0.05) is 13.8 Å². The standard InChI is InChI=1S/C16H23N3O2/c1-12(2)11-15(20)17-13-5-7-14(8-6-13)18-16(21)19-9-3-4-10-19/h5-8,12H,3-4,9-11H2,1-2H3,(H,17,20)(H,18,21). The SMILES string of the molecule is CC(C)CC(=O)Nc1ccc(NC(=O)N2CCCC2)cc1. The minimum atomic E-state index is -0.0518. The maximum absolute atomic E-state index is 11.9. The lowest BCUT2D eigenvalue weighted by atomic mass is 10.1. The average molecular weight is 289 g/mol. The highest BCUT2D eigenvalue weighted by molar-refractivity contribution is 5.92. The highest BCUT2D eigenvalue weighted by atomic mass is 16.2. The van der Waals surface area contributed by atoms with Gasteiger partial charge in [0.1, 0.15) is 0 Å². The predicted molar refractivity (Wildman–Crippen MR) is 84.4 cm³/mol. The largest absolute Gasteiger partial charge is 0.326 e. The van der Waals surface area contributed by atoms with Crippen LogP contribution < -0.4 is 10.6 Å². The third-order valence-electron chi connectivity index (χ3n) is 3.41. The molecule has 0 aliphatic carbocycles. The molecule has 1 saturated heterocycles. The number of hydrogen-bond donors (Lipinski definition) is 2. The van der Waals surface area contributed by atoms with Gasteiger partial charge in [0, 0.05) is 30.9 Å². The van der Waals surface area contributed by atoms with E-state index < -0.39 is 0 Å². The Balaban J connectivity index is 1.86. The molecule has 21 heavy (non-hydrogen) atoms. The monoisotopic (exact) mass is 289 g/mol. The molecule has 5 nitrogen and oxygen atoms in total. The van der Waals surface area contributed by atoms with Crippen LogP contribution in [0.15, 0.2) is 24.3 Å². The molecular weight excluding hydrogens is 266 g/mol. The predicted octanol–water partition coefficient (Wildman–Crippen LogP) is 3.30. The number of rotatable bonds is 4. The van der Waals surface area contributed by atoms with E-state index in [0.717, 1.165) is 37.3 Å². The van der Waals surface area contributed by atoms with Crippen molar-refractivity contribution in [1.82, 2.24) is 4.90 Å². The number of carbonyl (C=O) groups excluding carboxylic acids is 2. The van der Waals surface area contributed by atoms with Gasteiger partial charge in [0.05, 0.1) is 0 Å². The molecule has 5 heteroatoms. The Labute approximate surface area is 125 Å². The molecule has 2 rings (SSSR count). The summed E-state index contributed by atoms with van der Waals surface area (Å²) in [6, 6.07) is 7.16. The summed E-state index contributed by atoms with van der Waals surface area (Å²) < 4.78 is 0. The van der Waals surface area contributed by atoms with Crippen LogP contribution in [0.1, 0.15) is 33.1 Å². The zero-order chi connectivity index (χ0) is 15.2. The van der Waals surface area contributed by atoms with Crippen LogP contribution >= 0.6 is 0 Å². The molecule has 1 aromatic rings. The fraction of sp³-hybridized carbons (Fsp3) is 0.500. The van der Waals surface area contributed by atoms with Crippen LogP contribution in [0, 0.1) is 5.92 Å². The summed E-state index contributed by atoms with van der Waals surface area (Å²) in [5, 5.41) is 5.72. The Morgan fingerprint density at radius 3 is 2.10 bits per heavy atom. The van der Waals surface area contributed by atoms with Gasteiger partial charge in [-0.2, -0.15) is 0 Å². The lowest BCUT2D eigenvalue weighted by Crippen LogP contribution is -2.32. The normalized spacial score (nSPS) is 14.3. The zero-order valence-electron chi connectivity index (χ0n) is 12.7. The Hall–Kier alpha value is -2.04. The number of anilines is 2. The molecule has 0 aromatic heterocycles. The molecule has 2 N–H and O–H groups in total. The van der Waals surface area contributed by atoms with Gasteiger partial charge in [-0.15, -0.1) is 0 Å².